The molecule has 0 aliphatic heterocycles. The quantitative estimate of drug-likeness (QED) is 0.457. The number of nitrogen functional groups attached to an aromatic ring is 1. The highest BCUT2D eigenvalue weighted by molar-refractivity contribution is 5.95. The summed E-state index contributed by atoms with van der Waals surface area (Å²) in [4.78, 5) is 11.7. The van der Waals surface area contributed by atoms with Crippen LogP contribution in [0.5, 0.6) is 0 Å². The summed E-state index contributed by atoms with van der Waals surface area (Å²) in [5.41, 5.74) is 7.85. The predicted molar refractivity (Wildman–Crippen MR) is 66.0 cm³/mol. The molecule has 84 valence electrons. The minimum absolute atomic E-state index is 0.104. The maximum absolute atomic E-state index is 11.7. The second kappa shape index (κ2) is 5.82. The van der Waals surface area contributed by atoms with Gasteiger partial charge in [0, 0.05) is 24.2 Å². The number of unbranched alkanes of at least 4 members (excludes halogenated alkanes) is 1. The minimum Gasteiger partial charge on any atom is -0.399 e. The molecule has 3 nitrogen and oxygen atoms in total. The molecule has 1 rings (SSSR count). The van der Waals surface area contributed by atoms with Crippen molar-refractivity contribution in [2.45, 2.75) is 19.8 Å². The van der Waals surface area contributed by atoms with Gasteiger partial charge >= 0.3 is 0 Å². The van der Waals surface area contributed by atoms with Gasteiger partial charge in [0.1, 0.15) is 0 Å². The predicted octanol–water partition coefficient (Wildman–Crippen LogP) is 1.72. The summed E-state index contributed by atoms with van der Waals surface area (Å²) in [6.07, 6.45) is 6.59. The van der Waals surface area contributed by atoms with Gasteiger partial charge in [-0.1, -0.05) is 0 Å². The molecule has 0 saturated heterocycles. The van der Waals surface area contributed by atoms with Gasteiger partial charge in [0.05, 0.1) is 0 Å². The molecule has 1 aromatic carbocycles. The third-order valence-electron chi connectivity index (χ3n) is 2.15. The van der Waals surface area contributed by atoms with E-state index in [-0.39, 0.29) is 5.91 Å². The summed E-state index contributed by atoms with van der Waals surface area (Å²) >= 11 is 0. The first-order valence-electron chi connectivity index (χ1n) is 5.22. The van der Waals surface area contributed by atoms with Crippen LogP contribution in [0.2, 0.25) is 0 Å². The zero-order valence-corrected chi connectivity index (χ0v) is 9.42. The first-order chi connectivity index (χ1) is 7.63. The van der Waals surface area contributed by atoms with Crippen molar-refractivity contribution in [3.8, 4) is 12.3 Å². The fraction of sp³-hybridized carbons (Fsp3) is 0.308. The Bertz CT molecular complexity index is 398. The Morgan fingerprint density at radius 1 is 1.50 bits per heavy atom. The molecule has 0 heterocycles. The van der Waals surface area contributed by atoms with Crippen LogP contribution in [-0.2, 0) is 0 Å². The summed E-state index contributed by atoms with van der Waals surface area (Å²) in [5.74, 6) is 2.42. The van der Waals surface area contributed by atoms with Gasteiger partial charge in [-0.2, -0.15) is 0 Å². The number of anilines is 1. The van der Waals surface area contributed by atoms with Crippen molar-refractivity contribution in [1.82, 2.24) is 5.32 Å². The highest BCUT2D eigenvalue weighted by atomic mass is 16.1. The van der Waals surface area contributed by atoms with Crippen LogP contribution in [-0.4, -0.2) is 12.5 Å². The number of nitrogens with two attached hydrogens (primary N) is 1. The molecule has 0 spiro atoms. The van der Waals surface area contributed by atoms with Crippen LogP contribution < -0.4 is 11.1 Å². The lowest BCUT2D eigenvalue weighted by Crippen LogP contribution is -2.24. The van der Waals surface area contributed by atoms with E-state index in [1.54, 1.807) is 6.07 Å². The number of benzene rings is 1. The SMILES string of the molecule is C#CCCCNC(=O)c1cc(C)cc(N)c1. The van der Waals surface area contributed by atoms with Crippen LogP contribution >= 0.6 is 0 Å². The van der Waals surface area contributed by atoms with Crippen molar-refractivity contribution in [3.05, 3.63) is 29.3 Å². The van der Waals surface area contributed by atoms with E-state index < -0.39 is 0 Å². The maximum atomic E-state index is 11.7. The van der Waals surface area contributed by atoms with Gasteiger partial charge in [0.2, 0.25) is 0 Å². The smallest absolute Gasteiger partial charge is 0.251 e. The van der Waals surface area contributed by atoms with Gasteiger partial charge in [-0.15, -0.1) is 12.3 Å². The molecule has 0 unspecified atom stereocenters. The number of aryl methyl sites for hydroxylation is 1. The maximum Gasteiger partial charge on any atom is 0.251 e. The Hall–Kier alpha value is -1.95. The molecule has 0 fully saturated rings. The number of amides is 1. The lowest BCUT2D eigenvalue weighted by Gasteiger charge is -2.06. The van der Waals surface area contributed by atoms with Crippen molar-refractivity contribution in [2.24, 2.45) is 0 Å². The summed E-state index contributed by atoms with van der Waals surface area (Å²) in [7, 11) is 0. The molecule has 1 amide bonds. The monoisotopic (exact) mass is 216 g/mol. The van der Waals surface area contributed by atoms with Crippen LogP contribution in [0.25, 0.3) is 0 Å². The number of nitrogens with one attached hydrogen (secondary N) is 1. The second-order valence-corrected chi connectivity index (χ2v) is 3.70. The zero-order valence-electron chi connectivity index (χ0n) is 9.42. The van der Waals surface area contributed by atoms with Crippen LogP contribution in [0.15, 0.2) is 18.2 Å². The Morgan fingerprint density at radius 3 is 2.88 bits per heavy atom. The Balaban J connectivity index is 2.56. The number of terminal acetylenes is 1. The topological polar surface area (TPSA) is 55.1 Å². The fourth-order valence-corrected chi connectivity index (χ4v) is 1.44. The van der Waals surface area contributed by atoms with Gasteiger partial charge < -0.3 is 11.1 Å². The van der Waals surface area contributed by atoms with Crippen LogP contribution in [0.4, 0.5) is 5.69 Å². The summed E-state index contributed by atoms with van der Waals surface area (Å²) in [6.45, 7) is 2.50. The average Bonchev–Trinajstić information content (AvgIpc) is 2.22. The van der Waals surface area contributed by atoms with E-state index in [0.717, 1.165) is 12.0 Å². The van der Waals surface area contributed by atoms with Crippen LogP contribution in [0, 0.1) is 19.3 Å². The largest absolute Gasteiger partial charge is 0.399 e. The van der Waals surface area contributed by atoms with E-state index in [0.29, 0.717) is 24.2 Å². The lowest BCUT2D eigenvalue weighted by molar-refractivity contribution is 0.0953. The van der Waals surface area contributed by atoms with Crippen LogP contribution in [0.3, 0.4) is 0 Å². The van der Waals surface area contributed by atoms with Gasteiger partial charge in [-0.25, -0.2) is 0 Å². The molecule has 0 atom stereocenters. The van der Waals surface area contributed by atoms with Crippen molar-refractivity contribution >= 4 is 11.6 Å². The molecule has 0 bridgehead atoms. The second-order valence-electron chi connectivity index (χ2n) is 3.70. The number of hydrogen-bond donors (Lipinski definition) is 2. The van der Waals surface area contributed by atoms with E-state index in [1.807, 2.05) is 19.1 Å². The van der Waals surface area contributed by atoms with Crippen molar-refractivity contribution in [2.75, 3.05) is 12.3 Å². The van der Waals surface area contributed by atoms with E-state index in [1.165, 1.54) is 0 Å². The van der Waals surface area contributed by atoms with Crippen molar-refractivity contribution in [3.63, 3.8) is 0 Å². The number of rotatable bonds is 4. The van der Waals surface area contributed by atoms with Crippen molar-refractivity contribution in [1.29, 1.82) is 0 Å². The van der Waals surface area contributed by atoms with Gasteiger partial charge in [-0.05, 0) is 37.1 Å². The number of hydrogen-bond acceptors (Lipinski definition) is 2. The normalized spacial score (nSPS) is 9.50. The molecule has 0 aliphatic rings. The molecule has 0 radical (unpaired) electrons. The standard InChI is InChI=1S/C13H16N2O/c1-3-4-5-6-15-13(16)11-7-10(2)8-12(14)9-11/h1,7-9H,4-6,14H2,2H3,(H,15,16). The molecule has 1 aromatic rings. The Morgan fingerprint density at radius 2 is 2.25 bits per heavy atom. The lowest BCUT2D eigenvalue weighted by atomic mass is 10.1. The Labute approximate surface area is 96.0 Å². The number of carbonyl (C=O) groups excluding carboxylic acids is 1. The summed E-state index contributed by atoms with van der Waals surface area (Å²) in [5, 5.41) is 2.80. The molecule has 3 heteroatoms. The third kappa shape index (κ3) is 3.66. The summed E-state index contributed by atoms with van der Waals surface area (Å²) in [6, 6.07) is 5.31. The third-order valence-corrected chi connectivity index (χ3v) is 2.15. The fourth-order valence-electron chi connectivity index (χ4n) is 1.44. The van der Waals surface area contributed by atoms with Gasteiger partial charge in [0.25, 0.3) is 5.91 Å². The molecule has 16 heavy (non-hydrogen) atoms. The molecular weight excluding hydrogens is 200 g/mol. The molecule has 3 N–H and O–H groups in total. The minimum atomic E-state index is -0.104. The van der Waals surface area contributed by atoms with Gasteiger partial charge in [0.15, 0.2) is 0 Å². The highest BCUT2D eigenvalue weighted by Gasteiger charge is 2.05. The highest BCUT2D eigenvalue weighted by Crippen LogP contribution is 2.10. The molecule has 0 saturated carbocycles. The first kappa shape index (κ1) is 12.1. The summed E-state index contributed by atoms with van der Waals surface area (Å²) < 4.78 is 0. The van der Waals surface area contributed by atoms with Gasteiger partial charge in [-0.3, -0.25) is 4.79 Å². The average molecular weight is 216 g/mol. The van der Waals surface area contributed by atoms with E-state index >= 15 is 0 Å². The number of carbonyl (C=O) groups is 1. The van der Waals surface area contributed by atoms with Crippen molar-refractivity contribution < 1.29 is 4.79 Å². The molecule has 0 aliphatic carbocycles. The van der Waals surface area contributed by atoms with E-state index in [9.17, 15) is 4.79 Å². The van der Waals surface area contributed by atoms with E-state index in [4.69, 9.17) is 12.2 Å². The van der Waals surface area contributed by atoms with E-state index in [2.05, 4.69) is 11.2 Å². The molecule has 0 aromatic heterocycles. The zero-order chi connectivity index (χ0) is 12.0. The Kier molecular flexibility index (Phi) is 4.41. The molecular formula is C13H16N2O. The van der Waals surface area contributed by atoms with Crippen LogP contribution in [0.1, 0.15) is 28.8 Å². The first-order valence-corrected chi connectivity index (χ1v) is 5.22.